The SMILES string of the molecule is C=CCOC(=O)CC(C(=O)OCCCCCCCC)S(=O)(=O)O. The third-order valence-corrected chi connectivity index (χ3v) is 4.16. The van der Waals surface area contributed by atoms with Crippen LogP contribution in [0.1, 0.15) is 51.9 Å². The lowest BCUT2D eigenvalue weighted by atomic mass is 10.1. The second-order valence-corrected chi connectivity index (χ2v) is 6.71. The standard InChI is InChI=1S/C15H26O7S/c1-3-5-6-7-8-9-11-22-15(17)13(23(18,19)20)12-14(16)21-10-4-2/h4,13H,2-3,5-12H2,1H3,(H,18,19,20). The van der Waals surface area contributed by atoms with E-state index in [0.717, 1.165) is 32.1 Å². The molecule has 0 aliphatic heterocycles. The van der Waals surface area contributed by atoms with E-state index in [2.05, 4.69) is 18.2 Å². The fourth-order valence-corrected chi connectivity index (χ4v) is 2.48. The largest absolute Gasteiger partial charge is 0.465 e. The quantitative estimate of drug-likeness (QED) is 0.235. The van der Waals surface area contributed by atoms with Gasteiger partial charge in [0.15, 0.2) is 5.25 Å². The van der Waals surface area contributed by atoms with E-state index >= 15 is 0 Å². The topological polar surface area (TPSA) is 107 Å². The molecule has 0 heterocycles. The number of rotatable bonds is 13. The summed E-state index contributed by atoms with van der Waals surface area (Å²) in [6.45, 7) is 5.39. The van der Waals surface area contributed by atoms with Crippen LogP contribution in [0.5, 0.6) is 0 Å². The Morgan fingerprint density at radius 3 is 2.30 bits per heavy atom. The summed E-state index contributed by atoms with van der Waals surface area (Å²) < 4.78 is 40.9. The minimum absolute atomic E-state index is 0.0542. The molecule has 0 aliphatic rings. The maximum Gasteiger partial charge on any atom is 0.327 e. The van der Waals surface area contributed by atoms with Gasteiger partial charge in [-0.1, -0.05) is 51.7 Å². The highest BCUT2D eigenvalue weighted by Crippen LogP contribution is 2.10. The highest BCUT2D eigenvalue weighted by molar-refractivity contribution is 7.87. The van der Waals surface area contributed by atoms with Gasteiger partial charge in [0.05, 0.1) is 13.0 Å². The van der Waals surface area contributed by atoms with Crippen molar-refractivity contribution in [2.75, 3.05) is 13.2 Å². The lowest BCUT2D eigenvalue weighted by molar-refractivity contribution is -0.149. The molecule has 0 spiro atoms. The zero-order valence-corrected chi connectivity index (χ0v) is 14.3. The van der Waals surface area contributed by atoms with Crippen LogP contribution in [0.3, 0.4) is 0 Å². The first-order chi connectivity index (χ1) is 10.8. The molecule has 0 amide bonds. The van der Waals surface area contributed by atoms with E-state index in [1.54, 1.807) is 0 Å². The van der Waals surface area contributed by atoms with Gasteiger partial charge in [0.2, 0.25) is 0 Å². The van der Waals surface area contributed by atoms with Crippen LogP contribution >= 0.6 is 0 Å². The monoisotopic (exact) mass is 350 g/mol. The van der Waals surface area contributed by atoms with Gasteiger partial charge in [-0.3, -0.25) is 14.1 Å². The average Bonchev–Trinajstić information content (AvgIpc) is 2.48. The van der Waals surface area contributed by atoms with E-state index in [1.807, 2.05) is 0 Å². The number of carbonyl (C=O) groups is 2. The van der Waals surface area contributed by atoms with Gasteiger partial charge in [0.1, 0.15) is 6.61 Å². The molecule has 0 rings (SSSR count). The smallest absolute Gasteiger partial charge is 0.327 e. The first kappa shape index (κ1) is 21.6. The van der Waals surface area contributed by atoms with E-state index in [9.17, 15) is 18.0 Å². The molecule has 1 N–H and O–H groups in total. The molecule has 0 aliphatic carbocycles. The maximum atomic E-state index is 11.7. The minimum atomic E-state index is -4.74. The molecule has 0 bridgehead atoms. The third kappa shape index (κ3) is 10.9. The van der Waals surface area contributed by atoms with Crippen LogP contribution in [-0.2, 0) is 29.2 Å². The molecule has 0 fully saturated rings. The normalized spacial score (nSPS) is 12.4. The van der Waals surface area contributed by atoms with Crippen molar-refractivity contribution < 1.29 is 32.0 Å². The van der Waals surface area contributed by atoms with Crippen molar-refractivity contribution in [2.24, 2.45) is 0 Å². The highest BCUT2D eigenvalue weighted by Gasteiger charge is 2.35. The zero-order valence-electron chi connectivity index (χ0n) is 13.5. The molecule has 0 saturated heterocycles. The fraction of sp³-hybridized carbons (Fsp3) is 0.733. The average molecular weight is 350 g/mol. The molecule has 0 radical (unpaired) electrons. The number of carbonyl (C=O) groups excluding carboxylic acids is 2. The lowest BCUT2D eigenvalue weighted by Crippen LogP contribution is -2.34. The molecule has 134 valence electrons. The van der Waals surface area contributed by atoms with Crippen molar-refractivity contribution in [1.82, 2.24) is 0 Å². The van der Waals surface area contributed by atoms with Gasteiger partial charge in [0, 0.05) is 0 Å². The fourth-order valence-electron chi connectivity index (χ4n) is 1.82. The number of hydrogen-bond acceptors (Lipinski definition) is 6. The summed E-state index contributed by atoms with van der Waals surface area (Å²) in [7, 11) is -4.74. The lowest BCUT2D eigenvalue weighted by Gasteiger charge is -2.12. The predicted octanol–water partition coefficient (Wildman–Crippen LogP) is 2.27. The van der Waals surface area contributed by atoms with Gasteiger partial charge in [-0.15, -0.1) is 0 Å². The third-order valence-electron chi connectivity index (χ3n) is 3.08. The second-order valence-electron chi connectivity index (χ2n) is 5.11. The highest BCUT2D eigenvalue weighted by atomic mass is 32.2. The van der Waals surface area contributed by atoms with Crippen LogP contribution in [0.15, 0.2) is 12.7 Å². The summed E-state index contributed by atoms with van der Waals surface area (Å²) in [5.74, 6) is -2.07. The minimum Gasteiger partial charge on any atom is -0.465 e. The van der Waals surface area contributed by atoms with Crippen LogP contribution in [0, 0.1) is 0 Å². The molecule has 23 heavy (non-hydrogen) atoms. The van der Waals surface area contributed by atoms with Gasteiger partial charge in [-0.25, -0.2) is 0 Å². The van der Waals surface area contributed by atoms with Crippen molar-refractivity contribution in [1.29, 1.82) is 0 Å². The van der Waals surface area contributed by atoms with Crippen molar-refractivity contribution in [3.05, 3.63) is 12.7 Å². The van der Waals surface area contributed by atoms with Crippen molar-refractivity contribution in [3.8, 4) is 0 Å². The molecular weight excluding hydrogens is 324 g/mol. The van der Waals surface area contributed by atoms with Crippen molar-refractivity contribution in [3.63, 3.8) is 0 Å². The van der Waals surface area contributed by atoms with Crippen LogP contribution in [0.2, 0.25) is 0 Å². The van der Waals surface area contributed by atoms with Crippen molar-refractivity contribution in [2.45, 2.75) is 57.1 Å². The summed E-state index contributed by atoms with van der Waals surface area (Å²) in [5, 5.41) is -1.96. The molecule has 0 aromatic carbocycles. The van der Waals surface area contributed by atoms with Crippen molar-refractivity contribution >= 4 is 22.1 Å². The first-order valence-corrected chi connectivity index (χ1v) is 9.22. The molecule has 7 nitrogen and oxygen atoms in total. The Morgan fingerprint density at radius 2 is 1.74 bits per heavy atom. The summed E-state index contributed by atoms with van der Waals surface area (Å²) in [4.78, 5) is 23.1. The molecule has 1 atom stereocenters. The molecule has 8 heteroatoms. The van der Waals surface area contributed by atoms with Gasteiger partial charge < -0.3 is 9.47 Å². The Morgan fingerprint density at radius 1 is 1.13 bits per heavy atom. The summed E-state index contributed by atoms with van der Waals surface area (Å²) >= 11 is 0. The number of unbranched alkanes of at least 4 members (excludes halogenated alkanes) is 5. The van der Waals surface area contributed by atoms with Gasteiger partial charge in [-0.2, -0.15) is 8.42 Å². The molecule has 1 unspecified atom stereocenters. The second kappa shape index (κ2) is 12.1. The Kier molecular flexibility index (Phi) is 11.3. The Labute approximate surface area is 137 Å². The van der Waals surface area contributed by atoms with Crippen LogP contribution in [0.25, 0.3) is 0 Å². The van der Waals surface area contributed by atoms with E-state index in [0.29, 0.717) is 6.42 Å². The Hall–Kier alpha value is -1.41. The van der Waals surface area contributed by atoms with Gasteiger partial charge in [0.25, 0.3) is 10.1 Å². The number of ether oxygens (including phenoxy) is 2. The van der Waals surface area contributed by atoms with Gasteiger partial charge in [-0.05, 0) is 6.42 Å². The van der Waals surface area contributed by atoms with E-state index in [4.69, 9.17) is 9.29 Å². The number of hydrogen-bond donors (Lipinski definition) is 1. The Balaban J connectivity index is 4.27. The first-order valence-electron chi connectivity index (χ1n) is 7.72. The predicted molar refractivity (Wildman–Crippen MR) is 85.4 cm³/mol. The van der Waals surface area contributed by atoms with Crippen LogP contribution < -0.4 is 0 Å². The van der Waals surface area contributed by atoms with Crippen LogP contribution in [0.4, 0.5) is 0 Å². The molecule has 0 aromatic rings. The van der Waals surface area contributed by atoms with E-state index in [1.165, 1.54) is 6.08 Å². The number of esters is 2. The van der Waals surface area contributed by atoms with E-state index < -0.39 is 33.7 Å². The molecular formula is C15H26O7S. The zero-order chi connectivity index (χ0) is 17.7. The Bertz CT molecular complexity index is 470. The maximum absolute atomic E-state index is 11.7. The van der Waals surface area contributed by atoms with Crippen LogP contribution in [-0.4, -0.2) is 43.4 Å². The summed E-state index contributed by atoms with van der Waals surface area (Å²) in [5.41, 5.74) is 0. The molecule has 0 aromatic heterocycles. The molecule has 0 saturated carbocycles. The summed E-state index contributed by atoms with van der Waals surface area (Å²) in [6, 6.07) is 0. The van der Waals surface area contributed by atoms with Gasteiger partial charge >= 0.3 is 11.9 Å². The van der Waals surface area contributed by atoms with E-state index in [-0.39, 0.29) is 13.2 Å². The summed E-state index contributed by atoms with van der Waals surface area (Å²) in [6.07, 6.45) is 6.39.